The van der Waals surface area contributed by atoms with Gasteiger partial charge in [-0.1, -0.05) is 24.6 Å². The van der Waals surface area contributed by atoms with Crippen molar-refractivity contribution in [3.63, 3.8) is 0 Å². The minimum absolute atomic E-state index is 0.340. The highest BCUT2D eigenvalue weighted by Crippen LogP contribution is 2.22. The molecule has 0 radical (unpaired) electrons. The van der Waals surface area contributed by atoms with E-state index in [0.717, 1.165) is 45.0 Å². The van der Waals surface area contributed by atoms with Crippen LogP contribution < -0.4 is 10.5 Å². The maximum absolute atomic E-state index is 6.08. The van der Waals surface area contributed by atoms with Gasteiger partial charge >= 0.3 is 0 Å². The summed E-state index contributed by atoms with van der Waals surface area (Å²) in [6.45, 7) is 7.35. The summed E-state index contributed by atoms with van der Waals surface area (Å²) >= 11 is 0. The van der Waals surface area contributed by atoms with Crippen molar-refractivity contribution in [2.24, 2.45) is 5.73 Å². The van der Waals surface area contributed by atoms with E-state index in [1.54, 1.807) is 0 Å². The highest BCUT2D eigenvalue weighted by Gasteiger charge is 2.20. The highest BCUT2D eigenvalue weighted by molar-refractivity contribution is 5.33. The predicted octanol–water partition coefficient (Wildman–Crippen LogP) is 2.08. The van der Waals surface area contributed by atoms with Crippen LogP contribution in [0.2, 0.25) is 0 Å². The lowest BCUT2D eigenvalue weighted by molar-refractivity contribution is 0.181. The van der Waals surface area contributed by atoms with Gasteiger partial charge in [0.05, 0.1) is 0 Å². The van der Waals surface area contributed by atoms with Crippen molar-refractivity contribution in [2.45, 2.75) is 38.3 Å². The van der Waals surface area contributed by atoms with Crippen LogP contribution in [0.15, 0.2) is 24.3 Å². The summed E-state index contributed by atoms with van der Waals surface area (Å²) in [5, 5.41) is 0. The molecule has 122 valence electrons. The van der Waals surface area contributed by atoms with E-state index in [0.29, 0.717) is 6.04 Å². The maximum Gasteiger partial charge on any atom is 0.123 e. The molecule has 0 amide bonds. The molecule has 0 saturated carbocycles. The molecule has 3 rings (SSSR count). The van der Waals surface area contributed by atoms with Gasteiger partial charge in [0, 0.05) is 37.8 Å². The molecule has 2 aliphatic heterocycles. The van der Waals surface area contributed by atoms with Crippen LogP contribution in [-0.2, 0) is 6.54 Å². The van der Waals surface area contributed by atoms with Crippen molar-refractivity contribution in [1.29, 1.82) is 0 Å². The fraction of sp³-hybridized carbons (Fsp3) is 0.667. The summed E-state index contributed by atoms with van der Waals surface area (Å²) in [7, 11) is 0. The van der Waals surface area contributed by atoms with Gasteiger partial charge in [0.1, 0.15) is 12.4 Å². The number of rotatable bonds is 6. The lowest BCUT2D eigenvalue weighted by Gasteiger charge is -2.26. The third-order valence-corrected chi connectivity index (χ3v) is 4.79. The van der Waals surface area contributed by atoms with Crippen LogP contribution in [0.25, 0.3) is 0 Å². The summed E-state index contributed by atoms with van der Waals surface area (Å²) in [6, 6.07) is 8.78. The Kier molecular flexibility index (Phi) is 5.70. The van der Waals surface area contributed by atoms with Crippen molar-refractivity contribution in [2.75, 3.05) is 39.3 Å². The van der Waals surface area contributed by atoms with Gasteiger partial charge in [-0.05, 0) is 38.4 Å². The molecule has 2 N–H and O–H groups in total. The Morgan fingerprint density at radius 2 is 1.86 bits per heavy atom. The van der Waals surface area contributed by atoms with Crippen LogP contribution in [0.5, 0.6) is 5.75 Å². The second-order valence-electron chi connectivity index (χ2n) is 6.64. The summed E-state index contributed by atoms with van der Waals surface area (Å²) in [6.07, 6.45) is 5.17. The van der Waals surface area contributed by atoms with E-state index in [1.807, 2.05) is 0 Å². The molecule has 0 spiro atoms. The molecule has 1 aromatic rings. The Bertz CT molecular complexity index is 459. The normalized spacial score (nSPS) is 23.8. The van der Waals surface area contributed by atoms with Gasteiger partial charge in [-0.2, -0.15) is 0 Å². The van der Waals surface area contributed by atoms with Crippen LogP contribution in [0.1, 0.15) is 31.2 Å². The van der Waals surface area contributed by atoms with Crippen LogP contribution >= 0.6 is 0 Å². The molecule has 0 aliphatic carbocycles. The van der Waals surface area contributed by atoms with E-state index >= 15 is 0 Å². The van der Waals surface area contributed by atoms with Gasteiger partial charge in [-0.25, -0.2) is 0 Å². The molecule has 2 aliphatic rings. The third-order valence-electron chi connectivity index (χ3n) is 4.79. The predicted molar refractivity (Wildman–Crippen MR) is 90.1 cm³/mol. The average Bonchev–Trinajstić information content (AvgIpc) is 2.95. The van der Waals surface area contributed by atoms with Crippen LogP contribution in [0.3, 0.4) is 0 Å². The van der Waals surface area contributed by atoms with E-state index in [4.69, 9.17) is 10.5 Å². The molecular weight excluding hydrogens is 274 g/mol. The zero-order chi connectivity index (χ0) is 15.2. The summed E-state index contributed by atoms with van der Waals surface area (Å²) < 4.78 is 6.08. The zero-order valence-electron chi connectivity index (χ0n) is 13.5. The number of likely N-dealkylation sites (tertiary alicyclic amines) is 2. The van der Waals surface area contributed by atoms with Gasteiger partial charge in [-0.3, -0.25) is 9.80 Å². The van der Waals surface area contributed by atoms with Gasteiger partial charge in [0.2, 0.25) is 0 Å². The first-order valence-corrected chi connectivity index (χ1v) is 8.72. The lowest BCUT2D eigenvalue weighted by atomic mass is 10.1. The van der Waals surface area contributed by atoms with Crippen molar-refractivity contribution in [3.8, 4) is 5.75 Å². The van der Waals surface area contributed by atoms with E-state index in [2.05, 4.69) is 34.1 Å². The first-order chi connectivity index (χ1) is 10.8. The smallest absolute Gasteiger partial charge is 0.123 e. The minimum Gasteiger partial charge on any atom is -0.492 e. The SMILES string of the molecule is NC1CCN(Cc2ccccc2OCCN2CCCCC2)C1. The van der Waals surface area contributed by atoms with Gasteiger partial charge in [-0.15, -0.1) is 0 Å². The molecule has 0 bridgehead atoms. The summed E-state index contributed by atoms with van der Waals surface area (Å²) in [5.41, 5.74) is 7.29. The van der Waals surface area contributed by atoms with Crippen molar-refractivity contribution >= 4 is 0 Å². The molecular formula is C18H29N3O. The molecule has 2 fully saturated rings. The number of hydrogen-bond acceptors (Lipinski definition) is 4. The number of piperidine rings is 1. The Labute approximate surface area is 134 Å². The number of hydrogen-bond donors (Lipinski definition) is 1. The summed E-state index contributed by atoms with van der Waals surface area (Å²) in [5.74, 6) is 1.04. The average molecular weight is 303 g/mol. The zero-order valence-corrected chi connectivity index (χ0v) is 13.5. The third kappa shape index (κ3) is 4.45. The van der Waals surface area contributed by atoms with Crippen molar-refractivity contribution in [3.05, 3.63) is 29.8 Å². The van der Waals surface area contributed by atoms with Crippen molar-refractivity contribution in [1.82, 2.24) is 9.80 Å². The molecule has 4 heteroatoms. The Hall–Kier alpha value is -1.10. The van der Waals surface area contributed by atoms with Gasteiger partial charge in [0.25, 0.3) is 0 Å². The molecule has 0 aromatic heterocycles. The van der Waals surface area contributed by atoms with E-state index in [9.17, 15) is 0 Å². The Morgan fingerprint density at radius 1 is 1.05 bits per heavy atom. The van der Waals surface area contributed by atoms with Crippen LogP contribution in [0.4, 0.5) is 0 Å². The molecule has 1 atom stereocenters. The molecule has 22 heavy (non-hydrogen) atoms. The van der Waals surface area contributed by atoms with Gasteiger partial charge < -0.3 is 10.5 Å². The molecule has 2 heterocycles. The fourth-order valence-corrected chi connectivity index (χ4v) is 3.49. The van der Waals surface area contributed by atoms with Gasteiger partial charge in [0.15, 0.2) is 0 Å². The molecule has 2 saturated heterocycles. The quantitative estimate of drug-likeness (QED) is 0.874. The first kappa shape index (κ1) is 15.8. The Balaban J connectivity index is 1.50. The lowest BCUT2D eigenvalue weighted by Crippen LogP contribution is -2.33. The standard InChI is InChI=1S/C18H29N3O/c19-17-8-11-21(15-17)14-16-6-2-3-7-18(16)22-13-12-20-9-4-1-5-10-20/h2-3,6-7,17H,1,4-5,8-15,19H2. The van der Waals surface area contributed by atoms with E-state index in [-0.39, 0.29) is 0 Å². The largest absolute Gasteiger partial charge is 0.492 e. The minimum atomic E-state index is 0.340. The van der Waals surface area contributed by atoms with E-state index in [1.165, 1.54) is 37.9 Å². The van der Waals surface area contributed by atoms with E-state index < -0.39 is 0 Å². The van der Waals surface area contributed by atoms with Crippen molar-refractivity contribution < 1.29 is 4.74 Å². The number of nitrogens with two attached hydrogens (primary N) is 1. The molecule has 1 aromatic carbocycles. The highest BCUT2D eigenvalue weighted by atomic mass is 16.5. The monoisotopic (exact) mass is 303 g/mol. The molecule has 1 unspecified atom stereocenters. The maximum atomic E-state index is 6.08. The number of para-hydroxylation sites is 1. The van der Waals surface area contributed by atoms with Crippen LogP contribution in [-0.4, -0.2) is 55.2 Å². The number of benzene rings is 1. The summed E-state index contributed by atoms with van der Waals surface area (Å²) in [4.78, 5) is 4.95. The number of ether oxygens (including phenoxy) is 1. The second kappa shape index (κ2) is 7.95. The fourth-order valence-electron chi connectivity index (χ4n) is 3.49. The Morgan fingerprint density at radius 3 is 2.64 bits per heavy atom. The number of nitrogens with zero attached hydrogens (tertiary/aromatic N) is 2. The molecule has 4 nitrogen and oxygen atoms in total. The second-order valence-corrected chi connectivity index (χ2v) is 6.64. The topological polar surface area (TPSA) is 41.7 Å². The first-order valence-electron chi connectivity index (χ1n) is 8.72. The van der Waals surface area contributed by atoms with Crippen LogP contribution in [0, 0.1) is 0 Å².